The van der Waals surface area contributed by atoms with Crippen LogP contribution in [-0.2, 0) is 22.7 Å². The fourth-order valence-corrected chi connectivity index (χ4v) is 4.82. The summed E-state index contributed by atoms with van der Waals surface area (Å²) in [7, 11) is 0. The number of aryl methyl sites for hydroxylation is 1. The number of rotatable bonds is 9. The lowest BCUT2D eigenvalue weighted by molar-refractivity contribution is -0.142. The summed E-state index contributed by atoms with van der Waals surface area (Å²) in [6.45, 7) is 4.05. The Labute approximate surface area is 206 Å². The quantitative estimate of drug-likeness (QED) is 0.429. The summed E-state index contributed by atoms with van der Waals surface area (Å²) >= 11 is 0. The van der Waals surface area contributed by atoms with Crippen LogP contribution in [0.25, 0.3) is 0 Å². The van der Waals surface area contributed by atoms with Gasteiger partial charge in [-0.3, -0.25) is 4.79 Å². The van der Waals surface area contributed by atoms with Crippen molar-refractivity contribution in [2.75, 3.05) is 26.3 Å². The van der Waals surface area contributed by atoms with E-state index >= 15 is 0 Å². The van der Waals surface area contributed by atoms with Crippen molar-refractivity contribution >= 4 is 5.91 Å². The molecule has 1 unspecified atom stereocenters. The highest BCUT2D eigenvalue weighted by Crippen LogP contribution is 2.32. The molecule has 2 aliphatic heterocycles. The third-order valence-corrected chi connectivity index (χ3v) is 6.75. The molecule has 1 atom stereocenters. The van der Waals surface area contributed by atoms with Gasteiger partial charge in [0.25, 0.3) is 5.91 Å². The Bertz CT molecular complexity index is 1090. The third-order valence-electron chi connectivity index (χ3n) is 6.75. The van der Waals surface area contributed by atoms with Crippen LogP contribution in [0.15, 0.2) is 67.0 Å². The number of piperidine rings is 1. The second kappa shape index (κ2) is 11.4. The average Bonchev–Trinajstić information content (AvgIpc) is 3.39. The molecule has 1 fully saturated rings. The van der Waals surface area contributed by atoms with Gasteiger partial charge in [-0.1, -0.05) is 42.5 Å². The van der Waals surface area contributed by atoms with Gasteiger partial charge in [-0.15, -0.1) is 0 Å². The number of aromatic nitrogens is 2. The fraction of sp³-hybridized carbons (Fsp3) is 0.429. The Kier molecular flexibility index (Phi) is 7.63. The molecule has 1 amide bonds. The zero-order chi connectivity index (χ0) is 23.9. The van der Waals surface area contributed by atoms with E-state index in [9.17, 15) is 4.79 Å². The van der Waals surface area contributed by atoms with Crippen LogP contribution in [-0.4, -0.2) is 52.8 Å². The third kappa shape index (κ3) is 5.85. The van der Waals surface area contributed by atoms with Gasteiger partial charge >= 0.3 is 0 Å². The van der Waals surface area contributed by atoms with E-state index in [4.69, 9.17) is 14.2 Å². The summed E-state index contributed by atoms with van der Waals surface area (Å²) in [6, 6.07) is 17.8. The van der Waals surface area contributed by atoms with Crippen LogP contribution in [0.5, 0.6) is 11.5 Å². The first-order valence-corrected chi connectivity index (χ1v) is 12.6. The van der Waals surface area contributed by atoms with Gasteiger partial charge in [-0.25, -0.2) is 4.98 Å². The molecule has 2 aliphatic rings. The van der Waals surface area contributed by atoms with E-state index in [1.54, 1.807) is 0 Å². The monoisotopic (exact) mass is 475 g/mol. The molecule has 0 radical (unpaired) electrons. The van der Waals surface area contributed by atoms with E-state index in [2.05, 4.69) is 27.9 Å². The average molecular weight is 476 g/mol. The number of ether oxygens (including phenoxy) is 3. The Balaban J connectivity index is 1.05. The molecule has 1 aromatic heterocycles. The molecule has 2 aromatic carbocycles. The number of hydrogen-bond acceptors (Lipinski definition) is 5. The van der Waals surface area contributed by atoms with Gasteiger partial charge in [0.2, 0.25) is 6.10 Å². The van der Waals surface area contributed by atoms with Crippen molar-refractivity contribution < 1.29 is 19.0 Å². The molecule has 35 heavy (non-hydrogen) atoms. The molecule has 0 saturated carbocycles. The van der Waals surface area contributed by atoms with Crippen molar-refractivity contribution in [3.63, 3.8) is 0 Å². The number of para-hydroxylation sites is 2. The van der Waals surface area contributed by atoms with E-state index in [1.807, 2.05) is 53.6 Å². The van der Waals surface area contributed by atoms with Gasteiger partial charge in [0.05, 0.1) is 6.61 Å². The van der Waals surface area contributed by atoms with Gasteiger partial charge in [0.1, 0.15) is 12.4 Å². The Hall–Kier alpha value is -3.32. The number of carbonyl (C=O) groups excluding carboxylic acids is 1. The molecule has 0 bridgehead atoms. The number of amides is 1. The number of imidazole rings is 1. The van der Waals surface area contributed by atoms with Crippen molar-refractivity contribution in [3.05, 3.63) is 78.4 Å². The molecule has 5 rings (SSSR count). The predicted molar refractivity (Wildman–Crippen MR) is 132 cm³/mol. The zero-order valence-corrected chi connectivity index (χ0v) is 20.1. The maximum Gasteiger partial charge on any atom is 0.267 e. The maximum atomic E-state index is 13.0. The van der Waals surface area contributed by atoms with Gasteiger partial charge in [-0.2, -0.15) is 0 Å². The second-order valence-corrected chi connectivity index (χ2v) is 9.19. The van der Waals surface area contributed by atoms with Crippen LogP contribution in [0.3, 0.4) is 0 Å². The summed E-state index contributed by atoms with van der Waals surface area (Å²) < 4.78 is 19.7. The van der Waals surface area contributed by atoms with Gasteiger partial charge < -0.3 is 23.7 Å². The number of fused-ring (bicyclic) bond motifs is 1. The summed E-state index contributed by atoms with van der Waals surface area (Å²) in [5.41, 5.74) is 1.21. The second-order valence-electron chi connectivity index (χ2n) is 9.19. The first-order chi connectivity index (χ1) is 17.3. The van der Waals surface area contributed by atoms with E-state index in [0.717, 1.165) is 44.7 Å². The Morgan fingerprint density at radius 2 is 1.77 bits per heavy atom. The van der Waals surface area contributed by atoms with Crippen molar-refractivity contribution in [1.29, 1.82) is 0 Å². The molecule has 0 spiro atoms. The number of nitrogens with zero attached hydrogens (tertiary/aromatic N) is 3. The summed E-state index contributed by atoms with van der Waals surface area (Å²) in [4.78, 5) is 19.6. The van der Waals surface area contributed by atoms with Crippen molar-refractivity contribution in [3.8, 4) is 11.5 Å². The van der Waals surface area contributed by atoms with E-state index in [0.29, 0.717) is 37.1 Å². The predicted octanol–water partition coefficient (Wildman–Crippen LogP) is 4.43. The molecule has 1 saturated heterocycles. The van der Waals surface area contributed by atoms with Crippen LogP contribution in [0.2, 0.25) is 0 Å². The van der Waals surface area contributed by atoms with E-state index < -0.39 is 6.10 Å². The van der Waals surface area contributed by atoms with E-state index in [1.165, 1.54) is 5.56 Å². The molecular formula is C28H33N3O4. The lowest BCUT2D eigenvalue weighted by Gasteiger charge is -2.35. The smallest absolute Gasteiger partial charge is 0.267 e. The number of hydrogen-bond donors (Lipinski definition) is 0. The van der Waals surface area contributed by atoms with Crippen molar-refractivity contribution in [2.45, 2.75) is 50.9 Å². The van der Waals surface area contributed by atoms with Gasteiger partial charge in [0, 0.05) is 44.6 Å². The summed E-state index contributed by atoms with van der Waals surface area (Å²) in [5.74, 6) is 2.85. The number of unbranched alkanes of at least 4 members (excludes halogenated alkanes) is 1. The van der Waals surface area contributed by atoms with Crippen LogP contribution in [0.1, 0.15) is 43.0 Å². The molecule has 7 heteroatoms. The fourth-order valence-electron chi connectivity index (χ4n) is 4.82. The van der Waals surface area contributed by atoms with E-state index in [-0.39, 0.29) is 12.5 Å². The number of benzene rings is 2. The highest BCUT2D eigenvalue weighted by molar-refractivity contribution is 5.82. The highest BCUT2D eigenvalue weighted by atomic mass is 16.6. The molecule has 7 nitrogen and oxygen atoms in total. The minimum absolute atomic E-state index is 0.0109. The molecular weight excluding hydrogens is 442 g/mol. The summed E-state index contributed by atoms with van der Waals surface area (Å²) in [6.07, 6.45) is 7.28. The summed E-state index contributed by atoms with van der Waals surface area (Å²) in [5, 5.41) is 0. The standard InChI is InChI=1S/C28H33N3O4/c32-28(26-21-34-24-10-4-5-11-25(24)35-26)31-16-12-23(13-17-31)27-29-14-18-30(27)15-6-7-19-33-20-22-8-2-1-3-9-22/h1-5,8-11,14,18,23,26H,6-7,12-13,15-17,19-21H2. The zero-order valence-electron chi connectivity index (χ0n) is 20.1. The van der Waals surface area contributed by atoms with Crippen LogP contribution in [0.4, 0.5) is 0 Å². The lowest BCUT2D eigenvalue weighted by Crippen LogP contribution is -2.49. The molecule has 0 N–H and O–H groups in total. The number of likely N-dealkylation sites (tertiary alicyclic amines) is 1. The maximum absolute atomic E-state index is 13.0. The number of carbonyl (C=O) groups is 1. The highest BCUT2D eigenvalue weighted by Gasteiger charge is 2.34. The van der Waals surface area contributed by atoms with Crippen LogP contribution >= 0.6 is 0 Å². The first kappa shape index (κ1) is 23.4. The largest absolute Gasteiger partial charge is 0.485 e. The topological polar surface area (TPSA) is 65.8 Å². The Morgan fingerprint density at radius 3 is 2.60 bits per heavy atom. The van der Waals surface area contributed by atoms with Gasteiger partial charge in [-0.05, 0) is 43.4 Å². The van der Waals surface area contributed by atoms with Gasteiger partial charge in [0.15, 0.2) is 11.5 Å². The minimum Gasteiger partial charge on any atom is -0.485 e. The molecule has 0 aliphatic carbocycles. The van der Waals surface area contributed by atoms with Crippen LogP contribution in [0, 0.1) is 0 Å². The molecule has 3 heterocycles. The normalized spacial score (nSPS) is 17.9. The SMILES string of the molecule is O=C(C1COc2ccccc2O1)N1CCC(c2nccn2CCCCOCc2ccccc2)CC1. The van der Waals surface area contributed by atoms with Crippen molar-refractivity contribution in [1.82, 2.24) is 14.5 Å². The molecule has 3 aromatic rings. The Morgan fingerprint density at radius 1 is 1.00 bits per heavy atom. The first-order valence-electron chi connectivity index (χ1n) is 12.6. The molecule has 184 valence electrons. The minimum atomic E-state index is -0.576. The van der Waals surface area contributed by atoms with Crippen LogP contribution < -0.4 is 9.47 Å². The lowest BCUT2D eigenvalue weighted by atomic mass is 9.95. The van der Waals surface area contributed by atoms with Crippen molar-refractivity contribution in [2.24, 2.45) is 0 Å².